The van der Waals surface area contributed by atoms with E-state index in [1.807, 2.05) is 18.2 Å². The number of rotatable bonds is 7. The van der Waals surface area contributed by atoms with Crippen molar-refractivity contribution >= 4 is 11.6 Å². The van der Waals surface area contributed by atoms with Gasteiger partial charge in [-0.2, -0.15) is 0 Å². The monoisotopic (exact) mass is 257 g/mol. The van der Waals surface area contributed by atoms with Crippen LogP contribution in [0, 0.1) is 0 Å². The second-order valence-corrected chi connectivity index (χ2v) is 4.51. The molecule has 0 aliphatic rings. The van der Waals surface area contributed by atoms with Crippen molar-refractivity contribution in [3.8, 4) is 5.75 Å². The van der Waals surface area contributed by atoms with Crippen LogP contribution in [0.2, 0.25) is 5.02 Å². The highest BCUT2D eigenvalue weighted by atomic mass is 35.5. The lowest BCUT2D eigenvalue weighted by atomic mass is 10.2. The third-order valence-corrected chi connectivity index (χ3v) is 2.58. The van der Waals surface area contributed by atoms with E-state index in [9.17, 15) is 0 Å². The number of para-hydroxylation sites is 1. The molecule has 0 aliphatic heterocycles. The van der Waals surface area contributed by atoms with Gasteiger partial charge in [0.25, 0.3) is 0 Å². The maximum atomic E-state index is 6.13. The Morgan fingerprint density at radius 3 is 2.71 bits per heavy atom. The molecule has 4 heteroatoms. The van der Waals surface area contributed by atoms with Gasteiger partial charge in [-0.25, -0.2) is 0 Å². The minimum absolute atomic E-state index is 0.431. The van der Waals surface area contributed by atoms with Crippen molar-refractivity contribution in [3.05, 3.63) is 28.8 Å². The quantitative estimate of drug-likeness (QED) is 0.762. The lowest BCUT2D eigenvalue weighted by Gasteiger charge is -2.14. The predicted octanol–water partition coefficient (Wildman–Crippen LogP) is 2.86. The number of hydrogen-bond donors (Lipinski definition) is 1. The van der Waals surface area contributed by atoms with E-state index in [0.717, 1.165) is 17.9 Å². The van der Waals surface area contributed by atoms with E-state index in [2.05, 4.69) is 19.2 Å². The van der Waals surface area contributed by atoms with Gasteiger partial charge in [0, 0.05) is 25.3 Å². The van der Waals surface area contributed by atoms with Crippen molar-refractivity contribution in [1.29, 1.82) is 0 Å². The van der Waals surface area contributed by atoms with Crippen LogP contribution in [0.15, 0.2) is 18.2 Å². The zero-order chi connectivity index (χ0) is 12.7. The highest BCUT2D eigenvalue weighted by Crippen LogP contribution is 2.28. The van der Waals surface area contributed by atoms with Crippen LogP contribution in [-0.2, 0) is 11.3 Å². The van der Waals surface area contributed by atoms with Crippen LogP contribution >= 0.6 is 11.6 Å². The largest absolute Gasteiger partial charge is 0.489 e. The fourth-order valence-electron chi connectivity index (χ4n) is 1.40. The summed E-state index contributed by atoms with van der Waals surface area (Å²) >= 11 is 6.13. The number of benzene rings is 1. The maximum absolute atomic E-state index is 6.13. The zero-order valence-electron chi connectivity index (χ0n) is 10.6. The van der Waals surface area contributed by atoms with Crippen molar-refractivity contribution < 1.29 is 9.47 Å². The zero-order valence-corrected chi connectivity index (χ0v) is 11.4. The Hall–Kier alpha value is -0.770. The standard InChI is InChI=1S/C13H20ClNO2/c1-10(2)15-9-11-5-4-6-12(14)13(11)17-8-7-16-3/h4-6,10,15H,7-9H2,1-3H3. The predicted molar refractivity (Wildman–Crippen MR) is 70.8 cm³/mol. The van der Waals surface area contributed by atoms with Crippen LogP contribution < -0.4 is 10.1 Å². The van der Waals surface area contributed by atoms with Gasteiger partial charge in [-0.05, 0) is 6.07 Å². The van der Waals surface area contributed by atoms with E-state index in [1.54, 1.807) is 7.11 Å². The molecule has 0 saturated carbocycles. The first-order valence-corrected chi connectivity index (χ1v) is 6.15. The fraction of sp³-hybridized carbons (Fsp3) is 0.538. The molecule has 0 spiro atoms. The smallest absolute Gasteiger partial charge is 0.142 e. The third-order valence-electron chi connectivity index (χ3n) is 2.28. The fourth-order valence-corrected chi connectivity index (χ4v) is 1.64. The molecule has 0 heterocycles. The molecule has 0 aromatic heterocycles. The summed E-state index contributed by atoms with van der Waals surface area (Å²) < 4.78 is 10.6. The molecule has 96 valence electrons. The van der Waals surface area contributed by atoms with Gasteiger partial charge in [0.05, 0.1) is 11.6 Å². The number of halogens is 1. The summed E-state index contributed by atoms with van der Waals surface area (Å²) in [6.45, 7) is 6.03. The van der Waals surface area contributed by atoms with Gasteiger partial charge in [-0.3, -0.25) is 0 Å². The van der Waals surface area contributed by atoms with E-state index in [0.29, 0.717) is 24.3 Å². The van der Waals surface area contributed by atoms with Crippen molar-refractivity contribution in [2.75, 3.05) is 20.3 Å². The highest BCUT2D eigenvalue weighted by molar-refractivity contribution is 6.32. The Bertz CT molecular complexity index is 342. The van der Waals surface area contributed by atoms with Crippen LogP contribution in [0.4, 0.5) is 0 Å². The molecular formula is C13H20ClNO2. The summed E-state index contributed by atoms with van der Waals surface area (Å²) in [4.78, 5) is 0. The molecule has 0 fully saturated rings. The second kappa shape index (κ2) is 7.54. The first-order chi connectivity index (χ1) is 8.15. The highest BCUT2D eigenvalue weighted by Gasteiger charge is 2.08. The summed E-state index contributed by atoms with van der Waals surface area (Å²) in [5, 5.41) is 3.99. The van der Waals surface area contributed by atoms with Crippen LogP contribution in [0.5, 0.6) is 5.75 Å². The summed E-state index contributed by atoms with van der Waals surface area (Å²) in [7, 11) is 1.65. The van der Waals surface area contributed by atoms with Gasteiger partial charge in [-0.1, -0.05) is 37.6 Å². The Kier molecular flexibility index (Phi) is 6.34. The molecule has 0 bridgehead atoms. The van der Waals surface area contributed by atoms with Crippen molar-refractivity contribution in [1.82, 2.24) is 5.32 Å². The molecule has 1 N–H and O–H groups in total. The van der Waals surface area contributed by atoms with E-state index in [4.69, 9.17) is 21.1 Å². The third kappa shape index (κ3) is 4.94. The molecule has 1 rings (SSSR count). The Balaban J connectivity index is 2.69. The minimum Gasteiger partial charge on any atom is -0.489 e. The molecular weight excluding hydrogens is 238 g/mol. The topological polar surface area (TPSA) is 30.5 Å². The van der Waals surface area contributed by atoms with Gasteiger partial charge < -0.3 is 14.8 Å². The van der Waals surface area contributed by atoms with E-state index < -0.39 is 0 Å². The summed E-state index contributed by atoms with van der Waals surface area (Å²) in [5.74, 6) is 0.749. The molecule has 0 radical (unpaired) electrons. The number of ether oxygens (including phenoxy) is 2. The SMILES string of the molecule is COCCOc1c(Cl)cccc1CNC(C)C. The number of nitrogens with one attached hydrogen (secondary N) is 1. The maximum Gasteiger partial charge on any atom is 0.142 e. The van der Waals surface area contributed by atoms with Crippen LogP contribution in [0.3, 0.4) is 0 Å². The Labute approximate surface area is 108 Å². The van der Waals surface area contributed by atoms with E-state index >= 15 is 0 Å². The molecule has 1 aromatic carbocycles. The Morgan fingerprint density at radius 1 is 1.29 bits per heavy atom. The van der Waals surface area contributed by atoms with Crippen LogP contribution in [0.1, 0.15) is 19.4 Å². The molecule has 0 unspecified atom stereocenters. The lowest BCUT2D eigenvalue weighted by Crippen LogP contribution is -2.22. The van der Waals surface area contributed by atoms with Crippen LogP contribution in [-0.4, -0.2) is 26.4 Å². The van der Waals surface area contributed by atoms with Gasteiger partial charge in [-0.15, -0.1) is 0 Å². The summed E-state index contributed by atoms with van der Waals surface area (Å²) in [6, 6.07) is 6.22. The molecule has 17 heavy (non-hydrogen) atoms. The lowest BCUT2D eigenvalue weighted by molar-refractivity contribution is 0.145. The van der Waals surface area contributed by atoms with Gasteiger partial charge in [0.2, 0.25) is 0 Å². The average molecular weight is 258 g/mol. The number of methoxy groups -OCH3 is 1. The molecule has 0 amide bonds. The Morgan fingerprint density at radius 2 is 2.06 bits per heavy atom. The van der Waals surface area contributed by atoms with Crippen molar-refractivity contribution in [3.63, 3.8) is 0 Å². The first kappa shape index (κ1) is 14.3. The normalized spacial score (nSPS) is 10.9. The molecule has 3 nitrogen and oxygen atoms in total. The number of hydrogen-bond acceptors (Lipinski definition) is 3. The summed E-state index contributed by atoms with van der Waals surface area (Å²) in [5.41, 5.74) is 1.07. The molecule has 0 atom stereocenters. The van der Waals surface area contributed by atoms with Crippen LogP contribution in [0.25, 0.3) is 0 Å². The average Bonchev–Trinajstić information content (AvgIpc) is 2.29. The van der Waals surface area contributed by atoms with E-state index in [-0.39, 0.29) is 0 Å². The van der Waals surface area contributed by atoms with E-state index in [1.165, 1.54) is 0 Å². The van der Waals surface area contributed by atoms with Gasteiger partial charge in [0.1, 0.15) is 12.4 Å². The van der Waals surface area contributed by atoms with Gasteiger partial charge >= 0.3 is 0 Å². The molecule has 0 aliphatic carbocycles. The van der Waals surface area contributed by atoms with Crippen molar-refractivity contribution in [2.45, 2.75) is 26.4 Å². The molecule has 0 saturated heterocycles. The van der Waals surface area contributed by atoms with Crippen molar-refractivity contribution in [2.24, 2.45) is 0 Å². The summed E-state index contributed by atoms with van der Waals surface area (Å²) in [6.07, 6.45) is 0. The first-order valence-electron chi connectivity index (χ1n) is 5.77. The second-order valence-electron chi connectivity index (χ2n) is 4.10. The molecule has 1 aromatic rings. The minimum atomic E-state index is 0.431. The van der Waals surface area contributed by atoms with Gasteiger partial charge in [0.15, 0.2) is 0 Å².